The summed E-state index contributed by atoms with van der Waals surface area (Å²) < 4.78 is 8.03. The van der Waals surface area contributed by atoms with Gasteiger partial charge in [0.2, 0.25) is 0 Å². The molecular weight excluding hydrogens is 186 g/mol. The van der Waals surface area contributed by atoms with Crippen LogP contribution in [0.25, 0.3) is 10.9 Å². The topological polar surface area (TPSA) is 17.5 Å². The normalized spacial score (nSPS) is 28.3. The van der Waals surface area contributed by atoms with Crippen molar-refractivity contribution in [3.05, 3.63) is 36.0 Å². The molecule has 1 saturated heterocycles. The highest BCUT2D eigenvalue weighted by Gasteiger charge is 2.47. The Labute approximate surface area is 88.5 Å². The number of aromatic nitrogens is 1. The molecule has 2 nitrogen and oxygen atoms in total. The number of ether oxygens (including phenoxy) is 1. The molecule has 76 valence electrons. The molecule has 0 aliphatic carbocycles. The minimum Gasteiger partial charge on any atom is -0.368 e. The molecule has 2 aliphatic rings. The summed E-state index contributed by atoms with van der Waals surface area (Å²) in [5.74, 6) is 0. The molecule has 2 aromatic rings. The number of aryl methyl sites for hydroxylation is 1. The first kappa shape index (κ1) is 7.94. The Bertz CT molecular complexity index is 536. The lowest BCUT2D eigenvalue weighted by Gasteiger charge is -2.22. The minimum absolute atomic E-state index is 0.203. The SMILES string of the molecule is c1ccc2c(c1)cc1n2CC2(CC1)CO2. The van der Waals surface area contributed by atoms with Crippen LogP contribution >= 0.6 is 0 Å². The van der Waals surface area contributed by atoms with E-state index < -0.39 is 0 Å². The van der Waals surface area contributed by atoms with Gasteiger partial charge in [-0.1, -0.05) is 18.2 Å². The van der Waals surface area contributed by atoms with E-state index in [4.69, 9.17) is 4.74 Å². The molecule has 1 aromatic carbocycles. The third-order valence-electron chi connectivity index (χ3n) is 3.73. The van der Waals surface area contributed by atoms with Crippen LogP contribution < -0.4 is 0 Å². The van der Waals surface area contributed by atoms with Crippen LogP contribution in [-0.2, 0) is 17.7 Å². The van der Waals surface area contributed by atoms with Crippen LogP contribution in [0.3, 0.4) is 0 Å². The third kappa shape index (κ3) is 1.03. The van der Waals surface area contributed by atoms with Gasteiger partial charge >= 0.3 is 0 Å². The van der Waals surface area contributed by atoms with Crippen LogP contribution in [-0.4, -0.2) is 16.8 Å². The molecule has 0 saturated carbocycles. The zero-order valence-corrected chi connectivity index (χ0v) is 8.57. The van der Waals surface area contributed by atoms with E-state index >= 15 is 0 Å². The van der Waals surface area contributed by atoms with Crippen molar-refractivity contribution in [3.8, 4) is 0 Å². The van der Waals surface area contributed by atoms with Crippen LogP contribution in [0.4, 0.5) is 0 Å². The highest BCUT2D eigenvalue weighted by molar-refractivity contribution is 5.81. The summed E-state index contributed by atoms with van der Waals surface area (Å²) in [5, 5.41) is 1.37. The van der Waals surface area contributed by atoms with Crippen LogP contribution in [0.1, 0.15) is 12.1 Å². The Morgan fingerprint density at radius 3 is 3.00 bits per heavy atom. The maximum atomic E-state index is 5.59. The molecule has 3 heterocycles. The molecule has 1 fully saturated rings. The van der Waals surface area contributed by atoms with Gasteiger partial charge in [-0.3, -0.25) is 0 Å². The molecule has 2 aliphatic heterocycles. The molecule has 0 bridgehead atoms. The average molecular weight is 199 g/mol. The van der Waals surface area contributed by atoms with E-state index in [2.05, 4.69) is 34.9 Å². The maximum absolute atomic E-state index is 5.59. The largest absolute Gasteiger partial charge is 0.368 e. The summed E-state index contributed by atoms with van der Waals surface area (Å²) in [5.41, 5.74) is 3.04. The van der Waals surface area contributed by atoms with Gasteiger partial charge in [0.05, 0.1) is 13.2 Å². The van der Waals surface area contributed by atoms with Crippen molar-refractivity contribution in [2.24, 2.45) is 0 Å². The monoisotopic (exact) mass is 199 g/mol. The molecule has 1 atom stereocenters. The Kier molecular flexibility index (Phi) is 1.30. The van der Waals surface area contributed by atoms with Gasteiger partial charge < -0.3 is 9.30 Å². The lowest BCUT2D eigenvalue weighted by Crippen LogP contribution is -2.27. The molecule has 1 aromatic heterocycles. The predicted molar refractivity (Wildman–Crippen MR) is 58.9 cm³/mol. The van der Waals surface area contributed by atoms with E-state index in [9.17, 15) is 0 Å². The number of nitrogens with zero attached hydrogens (tertiary/aromatic N) is 1. The van der Waals surface area contributed by atoms with E-state index in [0.717, 1.165) is 19.6 Å². The number of epoxide rings is 1. The zero-order chi connectivity index (χ0) is 9.88. The highest BCUT2D eigenvalue weighted by Crippen LogP contribution is 2.39. The second-order valence-electron chi connectivity index (χ2n) is 4.75. The number of benzene rings is 1. The van der Waals surface area contributed by atoms with Crippen molar-refractivity contribution in [2.75, 3.05) is 6.61 Å². The quantitative estimate of drug-likeness (QED) is 0.595. The van der Waals surface area contributed by atoms with E-state index in [1.807, 2.05) is 0 Å². The van der Waals surface area contributed by atoms with E-state index in [-0.39, 0.29) is 5.60 Å². The fraction of sp³-hybridized carbons (Fsp3) is 0.385. The molecule has 1 unspecified atom stereocenters. The number of fused-ring (bicyclic) bond motifs is 3. The zero-order valence-electron chi connectivity index (χ0n) is 8.57. The van der Waals surface area contributed by atoms with Gasteiger partial charge in [0.25, 0.3) is 0 Å². The van der Waals surface area contributed by atoms with E-state index in [0.29, 0.717) is 0 Å². The summed E-state index contributed by atoms with van der Waals surface area (Å²) >= 11 is 0. The van der Waals surface area contributed by atoms with E-state index in [1.54, 1.807) is 0 Å². The maximum Gasteiger partial charge on any atom is 0.110 e. The molecule has 0 amide bonds. The Morgan fingerprint density at radius 2 is 2.13 bits per heavy atom. The number of para-hydroxylation sites is 1. The van der Waals surface area contributed by atoms with Crippen molar-refractivity contribution in [1.82, 2.24) is 4.57 Å². The molecule has 4 rings (SSSR count). The molecule has 15 heavy (non-hydrogen) atoms. The number of hydrogen-bond acceptors (Lipinski definition) is 1. The standard InChI is InChI=1S/C13H13NO/c1-2-4-12-10(3-1)7-11-5-6-13(9-15-13)8-14(11)12/h1-4,7H,5-6,8-9H2. The molecule has 1 spiro atoms. The summed E-state index contributed by atoms with van der Waals surface area (Å²) in [4.78, 5) is 0. The van der Waals surface area contributed by atoms with E-state index in [1.165, 1.54) is 23.0 Å². The second-order valence-corrected chi connectivity index (χ2v) is 4.75. The van der Waals surface area contributed by atoms with Crippen LogP contribution in [0.5, 0.6) is 0 Å². The van der Waals surface area contributed by atoms with Gasteiger partial charge in [0, 0.05) is 11.2 Å². The Morgan fingerprint density at radius 1 is 1.27 bits per heavy atom. The number of rotatable bonds is 0. The number of hydrogen-bond donors (Lipinski definition) is 0. The molecular formula is C13H13NO. The van der Waals surface area contributed by atoms with Crippen LogP contribution in [0.15, 0.2) is 30.3 Å². The smallest absolute Gasteiger partial charge is 0.110 e. The minimum atomic E-state index is 0.203. The van der Waals surface area contributed by atoms with Crippen molar-refractivity contribution in [3.63, 3.8) is 0 Å². The fourth-order valence-electron chi connectivity index (χ4n) is 2.72. The van der Waals surface area contributed by atoms with Gasteiger partial charge in [-0.2, -0.15) is 0 Å². The van der Waals surface area contributed by atoms with Crippen molar-refractivity contribution < 1.29 is 4.74 Å². The Hall–Kier alpha value is -1.28. The van der Waals surface area contributed by atoms with Crippen molar-refractivity contribution >= 4 is 10.9 Å². The van der Waals surface area contributed by atoms with Gasteiger partial charge in [0.1, 0.15) is 5.60 Å². The first-order chi connectivity index (χ1) is 7.36. The van der Waals surface area contributed by atoms with Gasteiger partial charge in [-0.05, 0) is 30.4 Å². The molecule has 2 heteroatoms. The van der Waals surface area contributed by atoms with Gasteiger partial charge in [0.15, 0.2) is 0 Å². The molecule has 0 N–H and O–H groups in total. The lowest BCUT2D eigenvalue weighted by molar-refractivity contribution is 0.243. The fourth-order valence-corrected chi connectivity index (χ4v) is 2.72. The van der Waals surface area contributed by atoms with Crippen LogP contribution in [0.2, 0.25) is 0 Å². The molecule has 0 radical (unpaired) electrons. The summed E-state index contributed by atoms with van der Waals surface area (Å²) in [6, 6.07) is 11.0. The third-order valence-corrected chi connectivity index (χ3v) is 3.73. The lowest BCUT2D eigenvalue weighted by atomic mass is 9.99. The van der Waals surface area contributed by atoms with Gasteiger partial charge in [-0.15, -0.1) is 0 Å². The Balaban J connectivity index is 1.96. The summed E-state index contributed by atoms with van der Waals surface area (Å²) in [6.07, 6.45) is 2.36. The summed E-state index contributed by atoms with van der Waals surface area (Å²) in [7, 11) is 0. The predicted octanol–water partition coefficient (Wildman–Crippen LogP) is 2.36. The average Bonchev–Trinajstić information content (AvgIpc) is 2.91. The van der Waals surface area contributed by atoms with Gasteiger partial charge in [-0.25, -0.2) is 0 Å². The van der Waals surface area contributed by atoms with Crippen LogP contribution in [0, 0.1) is 0 Å². The van der Waals surface area contributed by atoms with Crippen molar-refractivity contribution in [2.45, 2.75) is 25.0 Å². The van der Waals surface area contributed by atoms with Crippen molar-refractivity contribution in [1.29, 1.82) is 0 Å². The first-order valence-corrected chi connectivity index (χ1v) is 5.58. The highest BCUT2D eigenvalue weighted by atomic mass is 16.6. The second kappa shape index (κ2) is 2.45. The first-order valence-electron chi connectivity index (χ1n) is 5.58. The summed E-state index contributed by atoms with van der Waals surface area (Å²) in [6.45, 7) is 2.01.